The molecule has 166 valence electrons. The number of amides is 2. The first-order chi connectivity index (χ1) is 15.0. The highest BCUT2D eigenvalue weighted by molar-refractivity contribution is 5.96. The summed E-state index contributed by atoms with van der Waals surface area (Å²) in [5.41, 5.74) is 2.67. The molecule has 5 nitrogen and oxygen atoms in total. The third-order valence-electron chi connectivity index (χ3n) is 6.25. The summed E-state index contributed by atoms with van der Waals surface area (Å²) in [6.45, 7) is 6.66. The van der Waals surface area contributed by atoms with E-state index in [0.29, 0.717) is 23.8 Å². The molecule has 1 aliphatic heterocycles. The Morgan fingerprint density at radius 3 is 2.65 bits per heavy atom. The van der Waals surface area contributed by atoms with Gasteiger partial charge >= 0.3 is 6.03 Å². The Morgan fingerprint density at radius 1 is 1.10 bits per heavy atom. The van der Waals surface area contributed by atoms with E-state index in [1.54, 1.807) is 24.3 Å². The minimum atomic E-state index is -0.223. The van der Waals surface area contributed by atoms with E-state index in [4.69, 9.17) is 0 Å². The quantitative estimate of drug-likeness (QED) is 0.436. The predicted octanol–water partition coefficient (Wildman–Crippen LogP) is 5.13. The van der Waals surface area contributed by atoms with Gasteiger partial charge in [0.05, 0.1) is 0 Å². The summed E-state index contributed by atoms with van der Waals surface area (Å²) in [5.74, 6) is 0.725. The van der Waals surface area contributed by atoms with Gasteiger partial charge in [-0.15, -0.1) is 0 Å². The highest BCUT2D eigenvalue weighted by Gasteiger charge is 2.27. The van der Waals surface area contributed by atoms with Crippen molar-refractivity contribution in [3.8, 4) is 0 Å². The fourth-order valence-corrected chi connectivity index (χ4v) is 4.56. The smallest absolute Gasteiger partial charge is 0.319 e. The lowest BCUT2D eigenvalue weighted by Gasteiger charge is -2.39. The van der Waals surface area contributed by atoms with Gasteiger partial charge in [-0.3, -0.25) is 4.79 Å². The van der Waals surface area contributed by atoms with Crippen LogP contribution in [0.2, 0.25) is 0 Å². The second kappa shape index (κ2) is 11.7. The average molecular weight is 422 g/mol. The second-order valence-corrected chi connectivity index (χ2v) is 8.52. The zero-order valence-corrected chi connectivity index (χ0v) is 18.8. The summed E-state index contributed by atoms with van der Waals surface area (Å²) >= 11 is 0. The van der Waals surface area contributed by atoms with Gasteiger partial charge in [-0.05, 0) is 75.7 Å². The molecule has 2 atom stereocenters. The Hall–Kier alpha value is -2.66. The largest absolute Gasteiger partial charge is 0.338 e. The van der Waals surface area contributed by atoms with Crippen LogP contribution < -0.4 is 10.6 Å². The van der Waals surface area contributed by atoms with Crippen molar-refractivity contribution in [2.24, 2.45) is 5.92 Å². The Labute approximate surface area is 186 Å². The molecule has 0 aromatic heterocycles. The number of benzene rings is 2. The van der Waals surface area contributed by atoms with Gasteiger partial charge in [0.1, 0.15) is 0 Å². The number of nitrogens with zero attached hydrogens (tertiary/aromatic N) is 1. The molecule has 2 amide bonds. The Balaban J connectivity index is 1.42. The minimum Gasteiger partial charge on any atom is -0.338 e. The van der Waals surface area contributed by atoms with Crippen molar-refractivity contribution in [3.63, 3.8) is 0 Å². The molecule has 0 radical (unpaired) electrons. The maximum Gasteiger partial charge on any atom is 0.319 e. The SMILES string of the molecule is CCN1CC[C@H](Cc2ccccc2)C[C@H]1CCCNC(=O)Nc1cccc(C(C)=O)c1. The van der Waals surface area contributed by atoms with Crippen molar-refractivity contribution >= 4 is 17.5 Å². The van der Waals surface area contributed by atoms with Gasteiger partial charge in [0.15, 0.2) is 5.78 Å². The number of carbonyl (C=O) groups excluding carboxylic acids is 2. The van der Waals surface area contributed by atoms with E-state index in [1.807, 2.05) is 0 Å². The molecule has 0 spiro atoms. The summed E-state index contributed by atoms with van der Waals surface area (Å²) in [4.78, 5) is 26.3. The first-order valence-corrected chi connectivity index (χ1v) is 11.5. The van der Waals surface area contributed by atoms with E-state index in [9.17, 15) is 9.59 Å². The molecule has 0 aliphatic carbocycles. The minimum absolute atomic E-state index is 0.0115. The van der Waals surface area contributed by atoms with Gasteiger partial charge in [-0.2, -0.15) is 0 Å². The molecule has 0 bridgehead atoms. The van der Waals surface area contributed by atoms with Gasteiger partial charge in [0.2, 0.25) is 0 Å². The van der Waals surface area contributed by atoms with Gasteiger partial charge in [0, 0.05) is 23.8 Å². The van der Waals surface area contributed by atoms with Crippen molar-refractivity contribution in [2.45, 2.75) is 52.0 Å². The van der Waals surface area contributed by atoms with Crippen molar-refractivity contribution in [1.29, 1.82) is 0 Å². The molecule has 1 fully saturated rings. The zero-order chi connectivity index (χ0) is 22.1. The number of ketones is 1. The normalized spacial score (nSPS) is 19.0. The number of likely N-dealkylation sites (tertiary alicyclic amines) is 1. The Kier molecular flexibility index (Phi) is 8.65. The molecular formula is C26H35N3O2. The molecular weight excluding hydrogens is 386 g/mol. The van der Waals surface area contributed by atoms with Crippen molar-refractivity contribution in [1.82, 2.24) is 10.2 Å². The maximum absolute atomic E-state index is 12.2. The summed E-state index contributed by atoms with van der Waals surface area (Å²) < 4.78 is 0. The number of rotatable bonds is 9. The number of hydrogen-bond acceptors (Lipinski definition) is 3. The van der Waals surface area contributed by atoms with E-state index in [0.717, 1.165) is 31.7 Å². The second-order valence-electron chi connectivity index (χ2n) is 8.52. The highest BCUT2D eigenvalue weighted by atomic mass is 16.2. The molecule has 2 aromatic carbocycles. The van der Waals surface area contributed by atoms with Gasteiger partial charge < -0.3 is 15.5 Å². The molecule has 2 N–H and O–H groups in total. The fourth-order valence-electron chi connectivity index (χ4n) is 4.56. The van der Waals surface area contributed by atoms with E-state index in [-0.39, 0.29) is 11.8 Å². The van der Waals surface area contributed by atoms with Crippen LogP contribution in [0.15, 0.2) is 54.6 Å². The van der Waals surface area contributed by atoms with Gasteiger partial charge in [0.25, 0.3) is 0 Å². The van der Waals surface area contributed by atoms with Crippen molar-refractivity contribution < 1.29 is 9.59 Å². The van der Waals surface area contributed by atoms with Crippen molar-refractivity contribution in [3.05, 3.63) is 65.7 Å². The molecule has 1 saturated heterocycles. The third kappa shape index (κ3) is 7.21. The number of piperidine rings is 1. The van der Waals surface area contributed by atoms with E-state index < -0.39 is 0 Å². The van der Waals surface area contributed by atoms with Gasteiger partial charge in [-0.1, -0.05) is 49.4 Å². The number of urea groups is 1. The molecule has 0 unspecified atom stereocenters. The van der Waals surface area contributed by atoms with Crippen LogP contribution in [0.3, 0.4) is 0 Å². The molecule has 31 heavy (non-hydrogen) atoms. The third-order valence-corrected chi connectivity index (χ3v) is 6.25. The van der Waals surface area contributed by atoms with Crippen LogP contribution in [-0.4, -0.2) is 42.4 Å². The lowest BCUT2D eigenvalue weighted by molar-refractivity contribution is 0.101. The standard InChI is InChI=1S/C26H35N3O2/c1-3-29-16-14-22(17-21-9-5-4-6-10-21)18-25(29)13-8-15-27-26(31)28-24-12-7-11-23(19-24)20(2)30/h4-7,9-12,19,22,25H,3,8,13-18H2,1-2H3,(H2,27,28,31)/t22-,25-/m1/s1. The fraction of sp³-hybridized carbons (Fsp3) is 0.462. The molecule has 1 aliphatic rings. The van der Waals surface area contributed by atoms with Crippen LogP contribution in [0.25, 0.3) is 0 Å². The molecule has 5 heteroatoms. The van der Waals surface area contributed by atoms with Crippen LogP contribution in [0.5, 0.6) is 0 Å². The molecule has 0 saturated carbocycles. The first-order valence-electron chi connectivity index (χ1n) is 11.5. The summed E-state index contributed by atoms with van der Waals surface area (Å²) in [6, 6.07) is 18.2. The predicted molar refractivity (Wildman–Crippen MR) is 127 cm³/mol. The highest BCUT2D eigenvalue weighted by Crippen LogP contribution is 2.28. The monoisotopic (exact) mass is 421 g/mol. The Morgan fingerprint density at radius 2 is 1.90 bits per heavy atom. The van der Waals surface area contributed by atoms with Crippen LogP contribution in [0.4, 0.5) is 10.5 Å². The number of nitrogens with one attached hydrogen (secondary N) is 2. The summed E-state index contributed by atoms with van der Waals surface area (Å²) in [5, 5.41) is 5.77. The molecule has 2 aromatic rings. The summed E-state index contributed by atoms with van der Waals surface area (Å²) in [6.07, 6.45) is 5.71. The Bertz CT molecular complexity index is 853. The number of hydrogen-bond donors (Lipinski definition) is 2. The number of Topliss-reactive ketones (excluding diaryl/α,β-unsaturated/α-hetero) is 1. The van der Waals surface area contributed by atoms with Crippen LogP contribution >= 0.6 is 0 Å². The van der Waals surface area contributed by atoms with E-state index in [2.05, 4.69) is 52.8 Å². The van der Waals surface area contributed by atoms with Crippen LogP contribution in [-0.2, 0) is 6.42 Å². The van der Waals surface area contributed by atoms with E-state index >= 15 is 0 Å². The van der Waals surface area contributed by atoms with Crippen LogP contribution in [0.1, 0.15) is 55.5 Å². The topological polar surface area (TPSA) is 61.4 Å². The van der Waals surface area contributed by atoms with Crippen LogP contribution in [0, 0.1) is 5.92 Å². The maximum atomic E-state index is 12.2. The lowest BCUT2D eigenvalue weighted by Crippen LogP contribution is -2.43. The van der Waals surface area contributed by atoms with Gasteiger partial charge in [-0.25, -0.2) is 4.79 Å². The average Bonchev–Trinajstić information content (AvgIpc) is 2.78. The van der Waals surface area contributed by atoms with E-state index in [1.165, 1.54) is 31.9 Å². The van der Waals surface area contributed by atoms with Crippen molar-refractivity contribution in [2.75, 3.05) is 25.0 Å². The number of anilines is 1. The number of carbonyl (C=O) groups is 2. The first kappa shape index (κ1) is 23.0. The molecule has 1 heterocycles. The zero-order valence-electron chi connectivity index (χ0n) is 18.8. The summed E-state index contributed by atoms with van der Waals surface area (Å²) in [7, 11) is 0. The lowest BCUT2D eigenvalue weighted by atomic mass is 9.84. The molecule has 3 rings (SSSR count).